The zero-order chi connectivity index (χ0) is 32.8. The molecule has 0 atom stereocenters. The molecule has 0 radical (unpaired) electrons. The number of nitrogens with one attached hydrogen (secondary N) is 1. The number of hydrogen-bond acceptors (Lipinski definition) is 8. The third-order valence-corrected chi connectivity index (χ3v) is 10.7. The number of aromatic amines is 1. The molecular formula is C29H46Br2N8O5S. The van der Waals surface area contributed by atoms with Crippen molar-refractivity contribution in [3.05, 3.63) is 33.7 Å². The zero-order valence-electron chi connectivity index (χ0n) is 26.4. The molecule has 1 N–H and O–H groups in total. The molecule has 5 fully saturated rings. The van der Waals surface area contributed by atoms with Crippen LogP contribution in [0.4, 0.5) is 0 Å². The Morgan fingerprint density at radius 2 is 1.44 bits per heavy atom. The number of rotatable bonds is 2. The summed E-state index contributed by atoms with van der Waals surface area (Å²) in [5, 5.41) is 10.7. The van der Waals surface area contributed by atoms with Crippen molar-refractivity contribution < 1.29 is 27.0 Å². The SMILES string of the molecule is Brc1cn[nH]c1.CN1CCN(C2CCC(n3cc(Br)cn3)CC2)CC1=O.CN1CC[N+]2(CC1=O)C1CCC2CC1.CS(=O)(=O)[O-]. The van der Waals surface area contributed by atoms with Crippen LogP contribution in [0.25, 0.3) is 0 Å². The van der Waals surface area contributed by atoms with Crippen molar-refractivity contribution in [2.24, 2.45) is 0 Å². The van der Waals surface area contributed by atoms with E-state index < -0.39 is 10.1 Å². The van der Waals surface area contributed by atoms with E-state index in [0.717, 1.165) is 60.0 Å². The summed E-state index contributed by atoms with van der Waals surface area (Å²) in [6, 6.07) is 2.75. The Kier molecular flexibility index (Phi) is 12.7. The highest BCUT2D eigenvalue weighted by Crippen LogP contribution is 2.45. The zero-order valence-corrected chi connectivity index (χ0v) is 30.3. The van der Waals surface area contributed by atoms with E-state index in [2.05, 4.69) is 62.9 Å². The molecule has 7 rings (SSSR count). The fourth-order valence-electron chi connectivity index (χ4n) is 7.45. The Labute approximate surface area is 283 Å². The first kappa shape index (κ1) is 36.0. The van der Waals surface area contributed by atoms with Crippen LogP contribution in [0.15, 0.2) is 33.7 Å². The summed E-state index contributed by atoms with van der Waals surface area (Å²) in [7, 11) is -0.0812. The molecule has 5 aliphatic rings. The normalized spacial score (nSPS) is 29.8. The molecule has 4 aliphatic heterocycles. The number of aromatic nitrogens is 4. The molecule has 252 valence electrons. The molecule has 45 heavy (non-hydrogen) atoms. The lowest BCUT2D eigenvalue weighted by Crippen LogP contribution is -2.63. The summed E-state index contributed by atoms with van der Waals surface area (Å²) >= 11 is 6.64. The Hall–Kier alpha value is -1.85. The van der Waals surface area contributed by atoms with Crippen LogP contribution in [-0.2, 0) is 19.7 Å². The molecule has 0 unspecified atom stereocenters. The molecule has 16 heteroatoms. The van der Waals surface area contributed by atoms with Crippen LogP contribution in [0.1, 0.15) is 57.4 Å². The molecule has 1 aliphatic carbocycles. The first-order valence-electron chi connectivity index (χ1n) is 15.6. The third-order valence-electron chi connectivity index (χ3n) is 9.91. The van der Waals surface area contributed by atoms with Crippen LogP contribution in [0.3, 0.4) is 0 Å². The summed E-state index contributed by atoms with van der Waals surface area (Å²) in [6.45, 7) is 5.48. The van der Waals surface area contributed by atoms with E-state index in [1.54, 1.807) is 12.4 Å². The van der Waals surface area contributed by atoms with Crippen molar-refractivity contribution in [1.29, 1.82) is 0 Å². The van der Waals surface area contributed by atoms with E-state index in [1.807, 2.05) is 30.1 Å². The summed E-state index contributed by atoms with van der Waals surface area (Å²) < 4.78 is 32.5. The predicted molar refractivity (Wildman–Crippen MR) is 176 cm³/mol. The van der Waals surface area contributed by atoms with Crippen molar-refractivity contribution in [3.63, 3.8) is 0 Å². The largest absolute Gasteiger partial charge is 0.748 e. The van der Waals surface area contributed by atoms with Crippen molar-refractivity contribution in [1.82, 2.24) is 34.7 Å². The van der Waals surface area contributed by atoms with Crippen LogP contribution in [0.2, 0.25) is 0 Å². The number of amides is 2. The van der Waals surface area contributed by atoms with Gasteiger partial charge in [0.05, 0.1) is 69.2 Å². The standard InChI is InChI=1S/C14H21BrN4O.C11H19N2O.C3H3BrN2.CH4O3S/c1-17-6-7-18(10-14(17)20)12-2-4-13(5-3-12)19-9-11(15)8-16-19;1-12-6-7-13(8-11(12)14)9-2-3-10(13)5-4-9;4-3-1-5-6-2-3;1-5(2,3)4/h8-9,12-13H,2-7,10H2,1H3;9-10H,2-8H2,1H3;1-2H,(H,5,6);1H3,(H,2,3,4)/q;+1;;/p-1. The summed E-state index contributed by atoms with van der Waals surface area (Å²) in [5.41, 5.74) is 0. The van der Waals surface area contributed by atoms with Crippen molar-refractivity contribution in [2.45, 2.75) is 75.5 Å². The maximum absolute atomic E-state index is 11.8. The molecule has 0 aromatic carbocycles. The van der Waals surface area contributed by atoms with E-state index in [4.69, 9.17) is 13.0 Å². The number of quaternary nitrogens is 1. The van der Waals surface area contributed by atoms with Crippen LogP contribution in [0.5, 0.6) is 0 Å². The number of likely N-dealkylation sites (N-methyl/N-ethyl adjacent to an activating group) is 2. The number of hydrogen-bond donors (Lipinski definition) is 1. The van der Waals surface area contributed by atoms with E-state index in [0.29, 0.717) is 30.8 Å². The van der Waals surface area contributed by atoms with E-state index in [-0.39, 0.29) is 5.91 Å². The minimum Gasteiger partial charge on any atom is -0.748 e. The fraction of sp³-hybridized carbons (Fsp3) is 0.724. The number of piperazine rings is 2. The molecule has 6 heterocycles. The van der Waals surface area contributed by atoms with Gasteiger partial charge in [-0.2, -0.15) is 10.2 Å². The highest BCUT2D eigenvalue weighted by atomic mass is 79.9. The summed E-state index contributed by atoms with van der Waals surface area (Å²) in [6.07, 6.45) is 18.1. The van der Waals surface area contributed by atoms with Crippen LogP contribution < -0.4 is 0 Å². The van der Waals surface area contributed by atoms with Crippen molar-refractivity contribution >= 4 is 53.8 Å². The van der Waals surface area contributed by atoms with Crippen LogP contribution in [-0.4, -0.2) is 142 Å². The van der Waals surface area contributed by atoms with E-state index in [9.17, 15) is 9.59 Å². The highest BCUT2D eigenvalue weighted by Gasteiger charge is 2.56. The second-order valence-electron chi connectivity index (χ2n) is 12.8. The predicted octanol–water partition coefficient (Wildman–Crippen LogP) is 2.84. The number of carbonyl (C=O) groups is 2. The molecule has 1 saturated carbocycles. The monoisotopic (exact) mass is 776 g/mol. The molecule has 1 spiro atoms. The van der Waals surface area contributed by atoms with Gasteiger partial charge in [-0.1, -0.05) is 0 Å². The number of H-pyrrole nitrogens is 1. The van der Waals surface area contributed by atoms with Gasteiger partial charge in [-0.25, -0.2) is 8.42 Å². The maximum atomic E-state index is 11.8. The van der Waals surface area contributed by atoms with E-state index >= 15 is 0 Å². The lowest BCUT2D eigenvalue weighted by Gasteiger charge is -2.44. The Bertz CT molecular complexity index is 1340. The van der Waals surface area contributed by atoms with E-state index in [1.165, 1.54) is 49.6 Å². The lowest BCUT2D eigenvalue weighted by molar-refractivity contribution is -0.944. The van der Waals surface area contributed by atoms with Gasteiger partial charge in [0.2, 0.25) is 5.91 Å². The van der Waals surface area contributed by atoms with Gasteiger partial charge in [-0.05, 0) is 57.5 Å². The Morgan fingerprint density at radius 3 is 1.89 bits per heavy atom. The molecule has 2 aromatic heterocycles. The van der Waals surface area contributed by atoms with Gasteiger partial charge in [0.15, 0.2) is 6.54 Å². The fourth-order valence-corrected chi connectivity index (χ4v) is 7.95. The highest BCUT2D eigenvalue weighted by molar-refractivity contribution is 9.10. The average molecular weight is 779 g/mol. The molecule has 13 nitrogen and oxygen atoms in total. The van der Waals surface area contributed by atoms with Crippen LogP contribution in [0, 0.1) is 0 Å². The quantitative estimate of drug-likeness (QED) is 0.362. The number of nitrogens with zero attached hydrogens (tertiary/aromatic N) is 7. The second-order valence-corrected chi connectivity index (χ2v) is 16.0. The molecular weight excluding hydrogens is 732 g/mol. The third kappa shape index (κ3) is 10.1. The topological polar surface area (TPSA) is 148 Å². The average Bonchev–Trinajstić information content (AvgIpc) is 3.79. The van der Waals surface area contributed by atoms with Gasteiger partial charge in [-0.3, -0.25) is 24.3 Å². The minimum absolute atomic E-state index is 0.259. The Morgan fingerprint density at radius 1 is 0.867 bits per heavy atom. The van der Waals surface area contributed by atoms with Gasteiger partial charge in [0, 0.05) is 77.6 Å². The first-order valence-corrected chi connectivity index (χ1v) is 19.0. The van der Waals surface area contributed by atoms with Crippen molar-refractivity contribution in [3.8, 4) is 0 Å². The summed E-state index contributed by atoms with van der Waals surface area (Å²) in [5.74, 6) is 0.629. The molecule has 4 saturated heterocycles. The van der Waals surface area contributed by atoms with Gasteiger partial charge in [-0.15, -0.1) is 0 Å². The van der Waals surface area contributed by atoms with Gasteiger partial charge < -0.3 is 18.8 Å². The van der Waals surface area contributed by atoms with Crippen molar-refractivity contribution in [2.75, 3.05) is 59.6 Å². The molecule has 2 amide bonds. The summed E-state index contributed by atoms with van der Waals surface area (Å²) in [4.78, 5) is 29.7. The second kappa shape index (κ2) is 15.8. The van der Waals surface area contributed by atoms with Crippen LogP contribution >= 0.6 is 31.9 Å². The lowest BCUT2D eigenvalue weighted by atomic mass is 9.90. The van der Waals surface area contributed by atoms with Gasteiger partial charge in [0.1, 0.15) is 0 Å². The smallest absolute Gasteiger partial charge is 0.277 e. The number of carbonyl (C=O) groups excluding carboxylic acids is 2. The van der Waals surface area contributed by atoms with Gasteiger partial charge in [0.25, 0.3) is 5.91 Å². The maximum Gasteiger partial charge on any atom is 0.277 e. The molecule has 2 aromatic rings. The number of halogens is 2. The molecule has 2 bridgehead atoms. The Balaban J connectivity index is 0.000000158. The minimum atomic E-state index is -3.92. The first-order chi connectivity index (χ1) is 21.2. The van der Waals surface area contributed by atoms with Gasteiger partial charge >= 0.3 is 0 Å².